The standard InChI is InChI=1S/C17H21N3O4/c1-9(2)16-18-12-3-4-20(8-11(12)17(24)19-16)7-10-5-14(22)15(23)6-13(10)21/h5-6,9,21-23H,3-4,7-8H2,1-2H3,(H,18,19,24). The van der Waals surface area contributed by atoms with Crippen LogP contribution in [0.5, 0.6) is 17.2 Å². The molecule has 7 heteroatoms. The van der Waals surface area contributed by atoms with Crippen molar-refractivity contribution in [3.8, 4) is 17.2 Å². The van der Waals surface area contributed by atoms with Gasteiger partial charge in [0.2, 0.25) is 0 Å². The highest BCUT2D eigenvalue weighted by atomic mass is 16.3. The van der Waals surface area contributed by atoms with Crippen LogP contribution in [-0.2, 0) is 19.5 Å². The smallest absolute Gasteiger partial charge is 0.255 e. The second kappa shape index (κ2) is 6.16. The lowest BCUT2D eigenvalue weighted by Gasteiger charge is -2.28. The Morgan fingerprint density at radius 3 is 2.62 bits per heavy atom. The average Bonchev–Trinajstić information content (AvgIpc) is 2.53. The maximum atomic E-state index is 12.3. The molecule has 0 amide bonds. The van der Waals surface area contributed by atoms with Crippen LogP contribution in [0.2, 0.25) is 0 Å². The van der Waals surface area contributed by atoms with Crippen molar-refractivity contribution in [1.82, 2.24) is 14.9 Å². The summed E-state index contributed by atoms with van der Waals surface area (Å²) in [5, 5.41) is 28.9. The molecule has 3 rings (SSSR count). The predicted octanol–water partition coefficient (Wildman–Crippen LogP) is 1.57. The van der Waals surface area contributed by atoms with Crippen LogP contribution in [0.25, 0.3) is 0 Å². The molecule has 0 atom stereocenters. The van der Waals surface area contributed by atoms with Gasteiger partial charge in [-0.15, -0.1) is 0 Å². The van der Waals surface area contributed by atoms with Gasteiger partial charge in [0.05, 0.1) is 11.3 Å². The molecule has 0 spiro atoms. The van der Waals surface area contributed by atoms with Crippen LogP contribution in [-0.4, -0.2) is 36.7 Å². The SMILES string of the molecule is CC(C)c1nc2c(c(=O)[nH]1)CN(Cc1cc(O)c(O)cc1O)CC2. The Labute approximate surface area is 139 Å². The first-order chi connectivity index (χ1) is 11.3. The second-order valence-electron chi connectivity index (χ2n) is 6.46. The number of H-pyrrole nitrogens is 1. The number of nitrogens with one attached hydrogen (secondary N) is 1. The third-order valence-corrected chi connectivity index (χ3v) is 4.28. The molecular weight excluding hydrogens is 310 g/mol. The Morgan fingerprint density at radius 2 is 1.92 bits per heavy atom. The fourth-order valence-electron chi connectivity index (χ4n) is 2.89. The third kappa shape index (κ3) is 3.07. The van der Waals surface area contributed by atoms with E-state index in [-0.39, 0.29) is 28.7 Å². The lowest BCUT2D eigenvalue weighted by atomic mass is 10.0. The van der Waals surface area contributed by atoms with Crippen molar-refractivity contribution in [3.05, 3.63) is 45.1 Å². The van der Waals surface area contributed by atoms with Crippen LogP contribution in [0.1, 0.15) is 42.4 Å². The van der Waals surface area contributed by atoms with E-state index in [1.807, 2.05) is 18.7 Å². The molecule has 1 aliphatic rings. The van der Waals surface area contributed by atoms with E-state index in [4.69, 9.17) is 0 Å². The molecule has 4 N–H and O–H groups in total. The Balaban J connectivity index is 1.83. The monoisotopic (exact) mass is 331 g/mol. The van der Waals surface area contributed by atoms with E-state index in [0.29, 0.717) is 43.0 Å². The van der Waals surface area contributed by atoms with Crippen molar-refractivity contribution in [2.75, 3.05) is 6.54 Å². The first-order valence-corrected chi connectivity index (χ1v) is 7.93. The largest absolute Gasteiger partial charge is 0.507 e. The average molecular weight is 331 g/mol. The molecule has 1 aromatic carbocycles. The quantitative estimate of drug-likeness (QED) is 0.502. The van der Waals surface area contributed by atoms with Crippen molar-refractivity contribution in [2.45, 2.75) is 39.3 Å². The zero-order valence-corrected chi connectivity index (χ0v) is 13.7. The van der Waals surface area contributed by atoms with Crippen LogP contribution in [0.4, 0.5) is 0 Å². The Kier molecular flexibility index (Phi) is 4.19. The van der Waals surface area contributed by atoms with Crippen LogP contribution in [0, 0.1) is 0 Å². The van der Waals surface area contributed by atoms with Gasteiger partial charge in [0, 0.05) is 43.6 Å². The number of aromatic nitrogens is 2. The van der Waals surface area contributed by atoms with Crippen molar-refractivity contribution >= 4 is 0 Å². The van der Waals surface area contributed by atoms with Crippen LogP contribution in [0.3, 0.4) is 0 Å². The van der Waals surface area contributed by atoms with Crippen LogP contribution >= 0.6 is 0 Å². The van der Waals surface area contributed by atoms with E-state index < -0.39 is 0 Å². The van der Waals surface area contributed by atoms with E-state index in [1.165, 1.54) is 6.07 Å². The highest BCUT2D eigenvalue weighted by Crippen LogP contribution is 2.33. The number of phenolic OH excluding ortho intramolecular Hbond substituents is 3. The summed E-state index contributed by atoms with van der Waals surface area (Å²) in [5.74, 6) is 0.146. The Morgan fingerprint density at radius 1 is 1.21 bits per heavy atom. The van der Waals surface area contributed by atoms with E-state index >= 15 is 0 Å². The van der Waals surface area contributed by atoms with Gasteiger partial charge in [-0.2, -0.15) is 0 Å². The third-order valence-electron chi connectivity index (χ3n) is 4.28. The van der Waals surface area contributed by atoms with Gasteiger partial charge in [0.1, 0.15) is 11.6 Å². The summed E-state index contributed by atoms with van der Waals surface area (Å²) in [6.45, 7) is 5.46. The zero-order valence-electron chi connectivity index (χ0n) is 13.7. The van der Waals surface area contributed by atoms with Gasteiger partial charge < -0.3 is 20.3 Å². The van der Waals surface area contributed by atoms with Gasteiger partial charge in [0.15, 0.2) is 11.5 Å². The molecule has 0 fully saturated rings. The molecule has 128 valence electrons. The van der Waals surface area contributed by atoms with E-state index in [2.05, 4.69) is 9.97 Å². The number of fused-ring (bicyclic) bond motifs is 1. The summed E-state index contributed by atoms with van der Waals surface area (Å²) in [7, 11) is 0. The van der Waals surface area contributed by atoms with E-state index in [1.54, 1.807) is 0 Å². The summed E-state index contributed by atoms with van der Waals surface area (Å²) >= 11 is 0. The molecule has 24 heavy (non-hydrogen) atoms. The number of aromatic hydroxyl groups is 3. The molecular formula is C17H21N3O4. The van der Waals surface area contributed by atoms with E-state index in [0.717, 1.165) is 11.8 Å². The Bertz CT molecular complexity index is 829. The molecule has 1 aliphatic heterocycles. The number of rotatable bonds is 3. The van der Waals surface area contributed by atoms with Gasteiger partial charge in [0.25, 0.3) is 5.56 Å². The molecule has 0 saturated carbocycles. The number of benzene rings is 1. The second-order valence-corrected chi connectivity index (χ2v) is 6.46. The molecule has 0 radical (unpaired) electrons. The Hall–Kier alpha value is -2.54. The van der Waals surface area contributed by atoms with Crippen molar-refractivity contribution in [1.29, 1.82) is 0 Å². The first kappa shape index (κ1) is 16.3. The normalized spacial score (nSPS) is 14.8. The number of phenols is 3. The molecule has 0 unspecified atom stereocenters. The van der Waals surface area contributed by atoms with E-state index in [9.17, 15) is 20.1 Å². The minimum Gasteiger partial charge on any atom is -0.507 e. The number of nitrogens with zero attached hydrogens (tertiary/aromatic N) is 2. The molecule has 7 nitrogen and oxygen atoms in total. The van der Waals surface area contributed by atoms with Crippen LogP contribution < -0.4 is 5.56 Å². The van der Waals surface area contributed by atoms with Gasteiger partial charge >= 0.3 is 0 Å². The van der Waals surface area contributed by atoms with Gasteiger partial charge in [-0.3, -0.25) is 9.69 Å². The molecule has 0 bridgehead atoms. The number of hydrogen-bond donors (Lipinski definition) is 4. The van der Waals surface area contributed by atoms with Gasteiger partial charge in [-0.25, -0.2) is 4.98 Å². The van der Waals surface area contributed by atoms with Crippen molar-refractivity contribution in [2.24, 2.45) is 0 Å². The van der Waals surface area contributed by atoms with Crippen molar-refractivity contribution in [3.63, 3.8) is 0 Å². The summed E-state index contributed by atoms with van der Waals surface area (Å²) in [6, 6.07) is 2.45. The number of aromatic amines is 1. The van der Waals surface area contributed by atoms with Gasteiger partial charge in [-0.1, -0.05) is 13.8 Å². The highest BCUT2D eigenvalue weighted by Gasteiger charge is 2.23. The molecule has 1 aromatic heterocycles. The highest BCUT2D eigenvalue weighted by molar-refractivity contribution is 5.48. The summed E-state index contributed by atoms with van der Waals surface area (Å²) in [4.78, 5) is 21.7. The van der Waals surface area contributed by atoms with Gasteiger partial charge in [-0.05, 0) is 6.07 Å². The molecule has 2 aromatic rings. The molecule has 0 aliphatic carbocycles. The summed E-state index contributed by atoms with van der Waals surface area (Å²) < 4.78 is 0. The predicted molar refractivity (Wildman–Crippen MR) is 88.2 cm³/mol. The maximum absolute atomic E-state index is 12.3. The minimum absolute atomic E-state index is 0.0849. The lowest BCUT2D eigenvalue weighted by molar-refractivity contribution is 0.237. The fourth-order valence-corrected chi connectivity index (χ4v) is 2.89. The first-order valence-electron chi connectivity index (χ1n) is 7.93. The molecule has 2 heterocycles. The topological polar surface area (TPSA) is 110 Å². The van der Waals surface area contributed by atoms with Crippen molar-refractivity contribution < 1.29 is 15.3 Å². The van der Waals surface area contributed by atoms with Crippen LogP contribution in [0.15, 0.2) is 16.9 Å². The zero-order chi connectivity index (χ0) is 17.4. The summed E-state index contributed by atoms with van der Waals surface area (Å²) in [6.07, 6.45) is 0.657. The molecule has 0 saturated heterocycles. The maximum Gasteiger partial charge on any atom is 0.255 e. The minimum atomic E-state index is -0.359. The lowest BCUT2D eigenvalue weighted by Crippen LogP contribution is -2.36. The number of hydrogen-bond acceptors (Lipinski definition) is 6. The fraction of sp³-hybridized carbons (Fsp3) is 0.412. The summed E-state index contributed by atoms with van der Waals surface area (Å²) in [5.41, 5.74) is 1.85.